The third kappa shape index (κ3) is 2.99. The van der Waals surface area contributed by atoms with E-state index in [0.29, 0.717) is 0 Å². The Balaban J connectivity index is 1.98. The van der Waals surface area contributed by atoms with Gasteiger partial charge in [-0.1, -0.05) is 31.5 Å². The molecule has 0 saturated heterocycles. The lowest BCUT2D eigenvalue weighted by atomic mass is 9.62. The second-order valence-corrected chi connectivity index (χ2v) is 7.56. The first kappa shape index (κ1) is 14.5. The Labute approximate surface area is 114 Å². The molecule has 0 bridgehead atoms. The average Bonchev–Trinajstić information content (AvgIpc) is 2.34. The molecule has 0 radical (unpaired) electrons. The fourth-order valence-electron chi connectivity index (χ4n) is 2.49. The molecule has 2 rings (SSSR count). The maximum atomic E-state index is 12.0. The lowest BCUT2D eigenvalue weighted by Gasteiger charge is -2.47. The molecule has 1 aromatic carbocycles. The van der Waals surface area contributed by atoms with E-state index in [-0.39, 0.29) is 22.8 Å². The molecule has 0 unspecified atom stereocenters. The van der Waals surface area contributed by atoms with Crippen LogP contribution < -0.4 is 0 Å². The van der Waals surface area contributed by atoms with Crippen LogP contribution in [0.5, 0.6) is 0 Å². The largest absolute Gasteiger partial charge is 0.392 e. The molecule has 5 heteroatoms. The smallest absolute Gasteiger partial charge is 0.296 e. The summed E-state index contributed by atoms with van der Waals surface area (Å²) in [5, 5.41) is 9.86. The summed E-state index contributed by atoms with van der Waals surface area (Å²) in [6.07, 6.45) is 0.276. The summed E-state index contributed by atoms with van der Waals surface area (Å²) in [6, 6.07) is 6.53. The molecule has 106 valence electrons. The van der Waals surface area contributed by atoms with Crippen molar-refractivity contribution in [2.24, 2.45) is 11.3 Å². The van der Waals surface area contributed by atoms with Crippen molar-refractivity contribution in [3.05, 3.63) is 29.8 Å². The van der Waals surface area contributed by atoms with E-state index in [0.717, 1.165) is 12.0 Å². The predicted molar refractivity (Wildman–Crippen MR) is 72.2 cm³/mol. The van der Waals surface area contributed by atoms with E-state index >= 15 is 0 Å². The van der Waals surface area contributed by atoms with E-state index in [1.807, 2.05) is 20.8 Å². The Morgan fingerprint density at radius 1 is 1.32 bits per heavy atom. The first-order valence-corrected chi connectivity index (χ1v) is 7.77. The summed E-state index contributed by atoms with van der Waals surface area (Å²) >= 11 is 0. The summed E-state index contributed by atoms with van der Waals surface area (Å²) < 4.78 is 28.9. The van der Waals surface area contributed by atoms with Crippen LogP contribution in [0.4, 0.5) is 0 Å². The van der Waals surface area contributed by atoms with Gasteiger partial charge in [0.15, 0.2) is 0 Å². The van der Waals surface area contributed by atoms with E-state index in [4.69, 9.17) is 4.18 Å². The van der Waals surface area contributed by atoms with Gasteiger partial charge in [-0.15, -0.1) is 0 Å². The summed E-state index contributed by atoms with van der Waals surface area (Å²) in [5.41, 5.74) is 0.858. The van der Waals surface area contributed by atoms with Crippen molar-refractivity contribution in [1.82, 2.24) is 0 Å². The molecule has 4 nitrogen and oxygen atoms in total. The minimum atomic E-state index is -3.72. The monoisotopic (exact) mass is 284 g/mol. The fraction of sp³-hybridized carbons (Fsp3) is 0.571. The summed E-state index contributed by atoms with van der Waals surface area (Å²) in [6.45, 7) is 5.86. The van der Waals surface area contributed by atoms with E-state index in [2.05, 4.69) is 0 Å². The quantitative estimate of drug-likeness (QED) is 0.860. The first-order chi connectivity index (χ1) is 8.72. The summed E-state index contributed by atoms with van der Waals surface area (Å²) in [5.74, 6) is -0.102. The fourth-order valence-corrected chi connectivity index (χ4v) is 3.45. The van der Waals surface area contributed by atoms with Gasteiger partial charge >= 0.3 is 0 Å². The molecule has 1 fully saturated rings. The molecule has 1 N–H and O–H groups in total. The predicted octanol–water partition coefficient (Wildman–Crippen LogP) is 2.11. The van der Waals surface area contributed by atoms with Crippen LogP contribution in [0, 0.1) is 18.3 Å². The molecule has 19 heavy (non-hydrogen) atoms. The highest BCUT2D eigenvalue weighted by molar-refractivity contribution is 7.86. The zero-order valence-electron chi connectivity index (χ0n) is 11.5. The van der Waals surface area contributed by atoms with Gasteiger partial charge in [-0.3, -0.25) is 4.18 Å². The van der Waals surface area contributed by atoms with Gasteiger partial charge < -0.3 is 5.11 Å². The Hall–Kier alpha value is -0.910. The molecule has 0 heterocycles. The zero-order chi connectivity index (χ0) is 14.3. The van der Waals surface area contributed by atoms with Crippen LogP contribution >= 0.6 is 0 Å². The lowest BCUT2D eigenvalue weighted by Crippen LogP contribution is -2.50. The normalized spacial score (nSPS) is 25.9. The number of benzene rings is 1. The van der Waals surface area contributed by atoms with Crippen LogP contribution in [0.25, 0.3) is 0 Å². The van der Waals surface area contributed by atoms with Gasteiger partial charge in [0, 0.05) is 5.92 Å². The third-order valence-corrected chi connectivity index (χ3v) is 5.08. The molecule has 0 spiro atoms. The molecule has 1 aromatic rings. The number of hydrogen-bond donors (Lipinski definition) is 1. The minimum absolute atomic E-state index is 0.0425. The molecular formula is C14H20O4S. The third-order valence-electron chi connectivity index (χ3n) is 3.78. The second kappa shape index (κ2) is 4.89. The zero-order valence-corrected chi connectivity index (χ0v) is 12.3. The van der Waals surface area contributed by atoms with Gasteiger partial charge in [0.25, 0.3) is 10.1 Å². The average molecular weight is 284 g/mol. The number of aryl methyl sites for hydroxylation is 1. The van der Waals surface area contributed by atoms with E-state index in [1.54, 1.807) is 12.1 Å². The second-order valence-electron chi connectivity index (χ2n) is 5.95. The van der Waals surface area contributed by atoms with Crippen LogP contribution in [-0.4, -0.2) is 26.2 Å². The van der Waals surface area contributed by atoms with Crippen LogP contribution in [-0.2, 0) is 14.3 Å². The van der Waals surface area contributed by atoms with Crippen molar-refractivity contribution in [1.29, 1.82) is 0 Å². The molecule has 2 atom stereocenters. The first-order valence-electron chi connectivity index (χ1n) is 6.36. The molecule has 1 aliphatic carbocycles. The molecular weight excluding hydrogens is 264 g/mol. The van der Waals surface area contributed by atoms with Crippen molar-refractivity contribution in [3.63, 3.8) is 0 Å². The van der Waals surface area contributed by atoms with Gasteiger partial charge in [0.05, 0.1) is 17.6 Å². The van der Waals surface area contributed by atoms with Crippen molar-refractivity contribution in [3.8, 4) is 0 Å². The highest BCUT2D eigenvalue weighted by Crippen LogP contribution is 2.45. The van der Waals surface area contributed by atoms with E-state index in [1.165, 1.54) is 12.1 Å². The van der Waals surface area contributed by atoms with Crippen LogP contribution in [0.3, 0.4) is 0 Å². The Morgan fingerprint density at radius 2 is 1.89 bits per heavy atom. The van der Waals surface area contributed by atoms with Gasteiger partial charge in [-0.05, 0) is 30.9 Å². The molecule has 1 aliphatic rings. The van der Waals surface area contributed by atoms with Crippen LogP contribution in [0.1, 0.15) is 25.8 Å². The Bertz CT molecular complexity index is 545. The topological polar surface area (TPSA) is 63.6 Å². The maximum Gasteiger partial charge on any atom is 0.296 e. The Morgan fingerprint density at radius 3 is 2.37 bits per heavy atom. The van der Waals surface area contributed by atoms with Crippen molar-refractivity contribution >= 4 is 10.1 Å². The Kier molecular flexibility index (Phi) is 3.73. The lowest BCUT2D eigenvalue weighted by molar-refractivity contribution is -0.111. The van der Waals surface area contributed by atoms with E-state index < -0.39 is 16.2 Å². The number of rotatable bonds is 4. The van der Waals surface area contributed by atoms with Gasteiger partial charge in [-0.25, -0.2) is 0 Å². The number of hydrogen-bond acceptors (Lipinski definition) is 4. The highest BCUT2D eigenvalue weighted by Gasteiger charge is 2.46. The SMILES string of the molecule is Cc1ccc(S(=O)(=O)OC[C@@H]2CC(C)(C)[C@H]2O)cc1. The van der Waals surface area contributed by atoms with Gasteiger partial charge in [0.1, 0.15) is 0 Å². The van der Waals surface area contributed by atoms with E-state index in [9.17, 15) is 13.5 Å². The minimum Gasteiger partial charge on any atom is -0.392 e. The molecule has 1 saturated carbocycles. The highest BCUT2D eigenvalue weighted by atomic mass is 32.2. The van der Waals surface area contributed by atoms with Crippen molar-refractivity contribution in [2.45, 2.75) is 38.2 Å². The molecule has 0 aliphatic heterocycles. The van der Waals surface area contributed by atoms with Gasteiger partial charge in [0.2, 0.25) is 0 Å². The van der Waals surface area contributed by atoms with Crippen molar-refractivity contribution in [2.75, 3.05) is 6.61 Å². The van der Waals surface area contributed by atoms with Crippen LogP contribution in [0.2, 0.25) is 0 Å². The molecule has 0 aromatic heterocycles. The molecule has 0 amide bonds. The number of aliphatic hydroxyl groups excluding tert-OH is 1. The standard InChI is InChI=1S/C14H20O4S/c1-10-4-6-12(7-5-10)19(16,17)18-9-11-8-14(2,3)13(11)15/h4-7,11,13,15H,8-9H2,1-3H3/t11-,13-/m0/s1. The number of aliphatic hydroxyl groups is 1. The van der Waals surface area contributed by atoms with Gasteiger partial charge in [-0.2, -0.15) is 8.42 Å². The van der Waals surface area contributed by atoms with Crippen LogP contribution in [0.15, 0.2) is 29.2 Å². The maximum absolute atomic E-state index is 12.0. The summed E-state index contributed by atoms with van der Waals surface area (Å²) in [7, 11) is -3.72. The van der Waals surface area contributed by atoms with Crippen molar-refractivity contribution < 1.29 is 17.7 Å². The summed E-state index contributed by atoms with van der Waals surface area (Å²) in [4.78, 5) is 0.158.